The van der Waals surface area contributed by atoms with E-state index >= 15 is 0 Å². The van der Waals surface area contributed by atoms with Crippen LogP contribution in [0.1, 0.15) is 35.3 Å². The monoisotopic (exact) mass is 371 g/mol. The second kappa shape index (κ2) is 8.76. The molecule has 0 aromatic heterocycles. The summed E-state index contributed by atoms with van der Waals surface area (Å²) in [4.78, 5) is 24.9. The molecule has 0 saturated heterocycles. The number of esters is 1. The Kier molecular flexibility index (Phi) is 6.44. The topological polar surface area (TPSA) is 96.5 Å². The predicted molar refractivity (Wildman–Crippen MR) is 96.9 cm³/mol. The average molecular weight is 371 g/mol. The van der Waals surface area contributed by atoms with Crippen molar-refractivity contribution in [1.29, 1.82) is 5.26 Å². The van der Waals surface area contributed by atoms with Gasteiger partial charge in [-0.05, 0) is 38.1 Å². The van der Waals surface area contributed by atoms with Gasteiger partial charge in [0.25, 0.3) is 5.69 Å². The Balaban J connectivity index is 2.32. The maximum Gasteiger partial charge on any atom is 0.340 e. The van der Waals surface area contributed by atoms with Gasteiger partial charge < -0.3 is 9.64 Å². The first-order valence-electron chi connectivity index (χ1n) is 8.30. The van der Waals surface area contributed by atoms with E-state index in [1.807, 2.05) is 24.8 Å². The second-order valence-corrected chi connectivity index (χ2v) is 5.62. The first-order chi connectivity index (χ1) is 12.9. The highest BCUT2D eigenvalue weighted by Gasteiger charge is 2.21. The van der Waals surface area contributed by atoms with Crippen LogP contribution < -0.4 is 4.90 Å². The highest BCUT2D eigenvalue weighted by Crippen LogP contribution is 2.27. The van der Waals surface area contributed by atoms with Crippen LogP contribution in [0.5, 0.6) is 0 Å². The molecule has 0 bridgehead atoms. The van der Waals surface area contributed by atoms with Crippen molar-refractivity contribution in [2.24, 2.45) is 0 Å². The van der Waals surface area contributed by atoms with Crippen LogP contribution in [0.25, 0.3) is 0 Å². The van der Waals surface area contributed by atoms with E-state index in [0.29, 0.717) is 18.8 Å². The lowest BCUT2D eigenvalue weighted by Crippen LogP contribution is -2.24. The fourth-order valence-electron chi connectivity index (χ4n) is 2.62. The minimum Gasteiger partial charge on any atom is -0.457 e. The SMILES string of the molecule is CCN(CC)c1ccc([N+](=O)[O-])cc1C(=O)OCc1cc(C#N)ccc1F. The minimum absolute atomic E-state index is 0.0322. The lowest BCUT2D eigenvalue weighted by atomic mass is 10.1. The minimum atomic E-state index is -0.803. The molecule has 27 heavy (non-hydrogen) atoms. The molecular formula is C19H18FN3O4. The number of benzene rings is 2. The molecule has 0 saturated carbocycles. The highest BCUT2D eigenvalue weighted by atomic mass is 19.1. The Morgan fingerprint density at radius 2 is 1.96 bits per heavy atom. The summed E-state index contributed by atoms with van der Waals surface area (Å²) in [6, 6.07) is 9.59. The van der Waals surface area contributed by atoms with Crippen molar-refractivity contribution in [3.8, 4) is 6.07 Å². The Labute approximate surface area is 155 Å². The number of rotatable bonds is 7. The molecule has 2 aromatic carbocycles. The molecule has 0 N–H and O–H groups in total. The maximum absolute atomic E-state index is 13.8. The summed E-state index contributed by atoms with van der Waals surface area (Å²) in [5.41, 5.74) is 0.584. The van der Waals surface area contributed by atoms with E-state index < -0.39 is 16.7 Å². The molecule has 2 aromatic rings. The van der Waals surface area contributed by atoms with E-state index in [2.05, 4.69) is 0 Å². The summed E-state index contributed by atoms with van der Waals surface area (Å²) >= 11 is 0. The van der Waals surface area contributed by atoms with Crippen LogP contribution in [0.3, 0.4) is 0 Å². The number of non-ortho nitro benzene ring substituents is 1. The third-order valence-electron chi connectivity index (χ3n) is 4.05. The predicted octanol–water partition coefficient (Wildman–Crippen LogP) is 3.81. The van der Waals surface area contributed by atoms with Crippen LogP contribution >= 0.6 is 0 Å². The van der Waals surface area contributed by atoms with Gasteiger partial charge in [-0.1, -0.05) is 0 Å². The number of nitro groups is 1. The first kappa shape index (κ1) is 19.8. The quantitative estimate of drug-likeness (QED) is 0.417. The van der Waals surface area contributed by atoms with E-state index in [4.69, 9.17) is 10.00 Å². The van der Waals surface area contributed by atoms with Gasteiger partial charge in [0, 0.05) is 30.8 Å². The highest BCUT2D eigenvalue weighted by molar-refractivity contribution is 5.96. The van der Waals surface area contributed by atoms with Gasteiger partial charge in [0.15, 0.2) is 0 Å². The van der Waals surface area contributed by atoms with E-state index in [9.17, 15) is 19.3 Å². The van der Waals surface area contributed by atoms with Crippen LogP contribution in [-0.2, 0) is 11.3 Å². The van der Waals surface area contributed by atoms with Crippen molar-refractivity contribution in [3.05, 3.63) is 69.0 Å². The number of nitrogens with zero attached hydrogens (tertiary/aromatic N) is 3. The molecule has 140 valence electrons. The van der Waals surface area contributed by atoms with Gasteiger partial charge in [0.1, 0.15) is 12.4 Å². The largest absolute Gasteiger partial charge is 0.457 e. The molecule has 0 aliphatic carbocycles. The van der Waals surface area contributed by atoms with Gasteiger partial charge in [0.2, 0.25) is 0 Å². The Bertz CT molecular complexity index is 904. The molecule has 0 atom stereocenters. The van der Waals surface area contributed by atoms with E-state index in [1.165, 1.54) is 24.3 Å². The van der Waals surface area contributed by atoms with Crippen LogP contribution in [0.15, 0.2) is 36.4 Å². The molecule has 0 aliphatic heterocycles. The zero-order chi connectivity index (χ0) is 20.0. The van der Waals surface area contributed by atoms with Crippen LogP contribution in [-0.4, -0.2) is 24.0 Å². The summed E-state index contributed by atoms with van der Waals surface area (Å²) in [5, 5.41) is 19.9. The molecule has 0 unspecified atom stereocenters. The van der Waals surface area contributed by atoms with Gasteiger partial charge in [-0.3, -0.25) is 10.1 Å². The Morgan fingerprint density at radius 3 is 2.56 bits per heavy atom. The number of carbonyl (C=O) groups excluding carboxylic acids is 1. The number of ether oxygens (including phenoxy) is 1. The van der Waals surface area contributed by atoms with E-state index in [1.54, 1.807) is 0 Å². The lowest BCUT2D eigenvalue weighted by Gasteiger charge is -2.23. The number of carbonyl (C=O) groups is 1. The molecular weight excluding hydrogens is 353 g/mol. The summed E-state index contributed by atoms with van der Waals surface area (Å²) in [5.74, 6) is -1.41. The van der Waals surface area contributed by atoms with Crippen molar-refractivity contribution in [2.45, 2.75) is 20.5 Å². The number of hydrogen-bond acceptors (Lipinski definition) is 6. The molecule has 7 nitrogen and oxygen atoms in total. The third kappa shape index (κ3) is 4.58. The summed E-state index contributed by atoms with van der Waals surface area (Å²) in [6.45, 7) is 4.58. The number of nitro benzene ring substituents is 1. The van der Waals surface area contributed by atoms with Crippen molar-refractivity contribution < 1.29 is 18.8 Å². The van der Waals surface area contributed by atoms with Gasteiger partial charge in [0.05, 0.1) is 27.8 Å². The number of nitriles is 1. The molecule has 0 radical (unpaired) electrons. The van der Waals surface area contributed by atoms with E-state index in [-0.39, 0.29) is 29.0 Å². The fraction of sp³-hybridized carbons (Fsp3) is 0.263. The average Bonchev–Trinajstić information content (AvgIpc) is 2.68. The third-order valence-corrected chi connectivity index (χ3v) is 4.05. The number of hydrogen-bond donors (Lipinski definition) is 0. The maximum atomic E-state index is 13.8. The lowest BCUT2D eigenvalue weighted by molar-refractivity contribution is -0.384. The Hall–Kier alpha value is -3.47. The second-order valence-electron chi connectivity index (χ2n) is 5.62. The standard InChI is InChI=1S/C19H18FN3O4/c1-3-22(4-2)18-8-6-15(23(25)26)10-16(18)19(24)27-12-14-9-13(11-21)5-7-17(14)20/h5-10H,3-4,12H2,1-2H3. The van der Waals surface area contributed by atoms with Crippen molar-refractivity contribution >= 4 is 17.3 Å². The van der Waals surface area contributed by atoms with E-state index in [0.717, 1.165) is 12.1 Å². The smallest absolute Gasteiger partial charge is 0.340 e. The van der Waals surface area contributed by atoms with Crippen LogP contribution in [0.4, 0.5) is 15.8 Å². The zero-order valence-corrected chi connectivity index (χ0v) is 14.9. The van der Waals surface area contributed by atoms with Gasteiger partial charge in [-0.15, -0.1) is 0 Å². The zero-order valence-electron chi connectivity index (χ0n) is 14.9. The molecule has 0 amide bonds. The van der Waals surface area contributed by atoms with Crippen molar-refractivity contribution in [3.63, 3.8) is 0 Å². The van der Waals surface area contributed by atoms with Crippen molar-refractivity contribution in [1.82, 2.24) is 0 Å². The molecule has 0 fully saturated rings. The van der Waals surface area contributed by atoms with Crippen LogP contribution in [0.2, 0.25) is 0 Å². The first-order valence-corrected chi connectivity index (χ1v) is 8.30. The van der Waals surface area contributed by atoms with Crippen molar-refractivity contribution in [2.75, 3.05) is 18.0 Å². The van der Waals surface area contributed by atoms with Crippen LogP contribution in [0, 0.1) is 27.3 Å². The summed E-state index contributed by atoms with van der Waals surface area (Å²) < 4.78 is 19.0. The molecule has 0 spiro atoms. The summed E-state index contributed by atoms with van der Waals surface area (Å²) in [6.07, 6.45) is 0. The fourth-order valence-corrected chi connectivity index (χ4v) is 2.62. The number of anilines is 1. The van der Waals surface area contributed by atoms with Gasteiger partial charge >= 0.3 is 5.97 Å². The molecule has 2 rings (SSSR count). The normalized spacial score (nSPS) is 10.1. The molecule has 8 heteroatoms. The molecule has 0 heterocycles. The molecule has 0 aliphatic rings. The summed E-state index contributed by atoms with van der Waals surface area (Å²) in [7, 11) is 0. The number of halogens is 1. The Morgan fingerprint density at radius 1 is 1.26 bits per heavy atom. The van der Waals surface area contributed by atoms with Gasteiger partial charge in [-0.25, -0.2) is 9.18 Å². The van der Waals surface area contributed by atoms with Gasteiger partial charge in [-0.2, -0.15) is 5.26 Å².